The molecule has 0 aromatic heterocycles. The normalized spacial score (nSPS) is 19.9. The number of aliphatic carboxylic acids is 1. The maximum Gasteiger partial charge on any atom is 0.305 e. The van der Waals surface area contributed by atoms with E-state index in [9.17, 15) is 14.7 Å². The second-order valence-electron chi connectivity index (χ2n) is 6.37. The van der Waals surface area contributed by atoms with Crippen molar-refractivity contribution in [2.45, 2.75) is 37.9 Å². The second kappa shape index (κ2) is 7.04. The number of carboxylic acids is 1. The van der Waals surface area contributed by atoms with Crippen LogP contribution < -0.4 is 5.32 Å². The van der Waals surface area contributed by atoms with Crippen LogP contribution in [-0.4, -0.2) is 38.7 Å². The van der Waals surface area contributed by atoms with Gasteiger partial charge in [0.25, 0.3) is 0 Å². The van der Waals surface area contributed by atoms with Gasteiger partial charge in [0.1, 0.15) is 11.0 Å². The van der Waals surface area contributed by atoms with E-state index in [0.717, 1.165) is 17.3 Å². The molecule has 1 unspecified atom stereocenters. The van der Waals surface area contributed by atoms with Gasteiger partial charge in [0.05, 0.1) is 12.6 Å². The fourth-order valence-electron chi connectivity index (χ4n) is 2.01. The minimum absolute atomic E-state index is 0.0721. The van der Waals surface area contributed by atoms with Gasteiger partial charge in [0.15, 0.2) is 5.17 Å². The predicted octanol–water partition coefficient (Wildman–Crippen LogP) is 2.09. The van der Waals surface area contributed by atoms with E-state index < -0.39 is 17.1 Å². The first kappa shape index (κ1) is 18.0. The summed E-state index contributed by atoms with van der Waals surface area (Å²) < 4.78 is 0. The van der Waals surface area contributed by atoms with Crippen molar-refractivity contribution < 1.29 is 19.8 Å². The van der Waals surface area contributed by atoms with Gasteiger partial charge in [-0.25, -0.2) is 0 Å². The van der Waals surface area contributed by atoms with Gasteiger partial charge in [-0.05, 0) is 23.1 Å². The number of nitrogens with zero attached hydrogens (tertiary/aromatic N) is 2. The third-order valence-electron chi connectivity index (χ3n) is 3.38. The van der Waals surface area contributed by atoms with Crippen LogP contribution in [0.5, 0.6) is 5.75 Å². The Balaban J connectivity index is 2.07. The highest BCUT2D eigenvalue weighted by atomic mass is 32.2. The Morgan fingerprint density at radius 3 is 2.71 bits per heavy atom. The second-order valence-corrected chi connectivity index (χ2v) is 7.56. The number of rotatable bonds is 4. The molecule has 0 radical (unpaired) electrons. The molecule has 1 amide bonds. The van der Waals surface area contributed by atoms with Crippen LogP contribution >= 0.6 is 11.8 Å². The fraction of sp³-hybridized carbons (Fsp3) is 0.375. The van der Waals surface area contributed by atoms with Crippen molar-refractivity contribution in [1.29, 1.82) is 0 Å². The fourth-order valence-corrected chi connectivity index (χ4v) is 2.92. The molecule has 1 fully saturated rings. The summed E-state index contributed by atoms with van der Waals surface area (Å²) in [6.07, 6.45) is 1.11. The lowest BCUT2D eigenvalue weighted by Gasteiger charge is -2.19. The maximum absolute atomic E-state index is 11.6. The average molecular weight is 349 g/mol. The molecular formula is C16H19N3O4S. The van der Waals surface area contributed by atoms with Crippen molar-refractivity contribution in [2.24, 2.45) is 10.2 Å². The number of hydrogen-bond donors (Lipinski definition) is 3. The number of benzene rings is 1. The van der Waals surface area contributed by atoms with E-state index in [2.05, 4.69) is 36.3 Å². The number of hydrogen-bond acceptors (Lipinski definition) is 6. The number of amidine groups is 1. The predicted molar refractivity (Wildman–Crippen MR) is 93.6 cm³/mol. The number of nitrogens with one attached hydrogen (secondary N) is 1. The first-order chi connectivity index (χ1) is 11.2. The molecule has 0 spiro atoms. The van der Waals surface area contributed by atoms with Gasteiger partial charge >= 0.3 is 5.97 Å². The summed E-state index contributed by atoms with van der Waals surface area (Å²) in [6, 6.07) is 5.33. The molecule has 128 valence electrons. The zero-order chi connectivity index (χ0) is 17.9. The number of carbonyl (C=O) groups excluding carboxylic acids is 1. The monoisotopic (exact) mass is 349 g/mol. The molecule has 1 aromatic carbocycles. The topological polar surface area (TPSA) is 111 Å². The minimum atomic E-state index is -1.05. The van der Waals surface area contributed by atoms with Crippen LogP contribution in [0.25, 0.3) is 0 Å². The minimum Gasteiger partial charge on any atom is -0.507 e. The van der Waals surface area contributed by atoms with Crippen LogP contribution in [0, 0.1) is 0 Å². The van der Waals surface area contributed by atoms with Crippen LogP contribution in [0.3, 0.4) is 0 Å². The highest BCUT2D eigenvalue weighted by molar-refractivity contribution is 8.15. The molecule has 8 heteroatoms. The summed E-state index contributed by atoms with van der Waals surface area (Å²) in [4.78, 5) is 22.2. The van der Waals surface area contributed by atoms with Gasteiger partial charge in [-0.3, -0.25) is 9.59 Å². The van der Waals surface area contributed by atoms with E-state index in [-0.39, 0.29) is 22.8 Å². The summed E-state index contributed by atoms with van der Waals surface area (Å²) >= 11 is 1.02. The molecular weight excluding hydrogens is 330 g/mol. The van der Waals surface area contributed by atoms with E-state index in [4.69, 9.17) is 5.11 Å². The summed E-state index contributed by atoms with van der Waals surface area (Å²) in [5.41, 5.74) is 1.43. The molecule has 3 N–H and O–H groups in total. The first-order valence-corrected chi connectivity index (χ1v) is 8.18. The lowest BCUT2D eigenvalue weighted by atomic mass is 9.86. The molecule has 0 bridgehead atoms. The summed E-state index contributed by atoms with van der Waals surface area (Å²) in [5.74, 6) is -1.34. The van der Waals surface area contributed by atoms with Gasteiger partial charge in [-0.15, -0.1) is 5.10 Å². The molecule has 1 heterocycles. The molecule has 1 aliphatic rings. The number of aromatic hydroxyl groups is 1. The van der Waals surface area contributed by atoms with Gasteiger partial charge in [-0.2, -0.15) is 5.10 Å². The van der Waals surface area contributed by atoms with E-state index in [1.54, 1.807) is 12.1 Å². The Hall–Kier alpha value is -2.35. The summed E-state index contributed by atoms with van der Waals surface area (Å²) in [5, 5.41) is 28.5. The quantitative estimate of drug-likeness (QED) is 0.569. The van der Waals surface area contributed by atoms with Crippen molar-refractivity contribution >= 4 is 35.0 Å². The highest BCUT2D eigenvalue weighted by Gasteiger charge is 2.32. The number of thioether (sulfide) groups is 1. The Kier molecular flexibility index (Phi) is 5.28. The molecule has 1 aliphatic heterocycles. The Morgan fingerprint density at radius 1 is 1.42 bits per heavy atom. The van der Waals surface area contributed by atoms with Crippen LogP contribution in [0.4, 0.5) is 0 Å². The largest absolute Gasteiger partial charge is 0.507 e. The molecule has 0 aliphatic carbocycles. The van der Waals surface area contributed by atoms with Crippen molar-refractivity contribution in [3.05, 3.63) is 29.3 Å². The van der Waals surface area contributed by atoms with Crippen molar-refractivity contribution in [3.8, 4) is 5.75 Å². The van der Waals surface area contributed by atoms with E-state index in [1.807, 2.05) is 6.07 Å². The first-order valence-electron chi connectivity index (χ1n) is 7.30. The lowest BCUT2D eigenvalue weighted by Crippen LogP contribution is -2.26. The van der Waals surface area contributed by atoms with Gasteiger partial charge in [0, 0.05) is 5.56 Å². The molecule has 0 saturated carbocycles. The van der Waals surface area contributed by atoms with E-state index >= 15 is 0 Å². The molecule has 1 saturated heterocycles. The van der Waals surface area contributed by atoms with Crippen LogP contribution in [0.1, 0.15) is 38.3 Å². The Bertz CT molecular complexity index is 723. The Morgan fingerprint density at radius 2 is 2.12 bits per heavy atom. The van der Waals surface area contributed by atoms with Gasteiger partial charge in [-0.1, -0.05) is 38.6 Å². The SMILES string of the molecule is CC(C)(C)c1ccc(C=N/N=C2/NC(=O)C(CC(=O)O)S2)c(O)c1. The standard InChI is InChI=1S/C16H19N3O4S/c1-16(2,3)10-5-4-9(11(20)6-10)8-17-19-15-18-14(23)12(24-15)7-13(21)22/h4-6,8,12,20H,7H2,1-3H3,(H,21,22)(H,18,19,23). The smallest absolute Gasteiger partial charge is 0.305 e. The summed E-state index contributed by atoms with van der Waals surface area (Å²) in [6.45, 7) is 6.15. The van der Waals surface area contributed by atoms with E-state index in [1.165, 1.54) is 6.21 Å². The third kappa shape index (κ3) is 4.58. The number of carboxylic acid groups (broad SMARTS) is 1. The molecule has 1 aromatic rings. The van der Waals surface area contributed by atoms with Gasteiger partial charge in [0.2, 0.25) is 5.91 Å². The number of phenolic OH excluding ortho intramolecular Hbond substituents is 1. The van der Waals surface area contributed by atoms with Crippen LogP contribution in [0.2, 0.25) is 0 Å². The molecule has 24 heavy (non-hydrogen) atoms. The highest BCUT2D eigenvalue weighted by Crippen LogP contribution is 2.27. The van der Waals surface area contributed by atoms with Crippen molar-refractivity contribution in [3.63, 3.8) is 0 Å². The average Bonchev–Trinajstić information content (AvgIpc) is 2.79. The zero-order valence-corrected chi connectivity index (χ0v) is 14.4. The number of amides is 1. The zero-order valence-electron chi connectivity index (χ0n) is 13.6. The Labute approximate surface area is 143 Å². The maximum atomic E-state index is 11.6. The molecule has 7 nitrogen and oxygen atoms in total. The number of carbonyl (C=O) groups is 2. The lowest BCUT2D eigenvalue weighted by molar-refractivity contribution is -0.138. The van der Waals surface area contributed by atoms with Gasteiger partial charge < -0.3 is 15.5 Å². The van der Waals surface area contributed by atoms with Crippen LogP contribution in [-0.2, 0) is 15.0 Å². The van der Waals surface area contributed by atoms with Crippen molar-refractivity contribution in [1.82, 2.24) is 5.32 Å². The summed E-state index contributed by atoms with van der Waals surface area (Å²) in [7, 11) is 0. The third-order valence-corrected chi connectivity index (χ3v) is 4.45. The van der Waals surface area contributed by atoms with E-state index in [0.29, 0.717) is 5.56 Å². The molecule has 2 rings (SSSR count). The molecule has 1 atom stereocenters. The van der Waals surface area contributed by atoms with Crippen molar-refractivity contribution in [2.75, 3.05) is 0 Å². The number of phenols is 1. The van der Waals surface area contributed by atoms with Crippen LogP contribution in [0.15, 0.2) is 28.4 Å².